The summed E-state index contributed by atoms with van der Waals surface area (Å²) in [6, 6.07) is 0. The van der Waals surface area contributed by atoms with Gasteiger partial charge in [0.05, 0.1) is 0 Å². The molecule has 0 rings (SSSR count). The van der Waals surface area contributed by atoms with Crippen LogP contribution in [0.25, 0.3) is 0 Å². The zero-order chi connectivity index (χ0) is 0. The monoisotopic (exact) mass is 669 g/mol. The summed E-state index contributed by atoms with van der Waals surface area (Å²) in [6.07, 6.45) is 0. The third-order valence-corrected chi connectivity index (χ3v) is 0. The Kier molecular flexibility index (Phi) is 141. The minimum Gasteiger partial charge on any atom is 0 e. The molecule has 0 bridgehead atoms. The summed E-state index contributed by atoms with van der Waals surface area (Å²) in [5.74, 6) is 0. The van der Waals surface area contributed by atoms with E-state index in [1.165, 1.54) is 0 Å². The molecule has 0 atom stereocenters. The van der Waals surface area contributed by atoms with Gasteiger partial charge in [-0.2, -0.15) is 0 Å². The molecule has 0 aliphatic rings. The Bertz CT molecular complexity index is 4.85. The molecule has 5 heteroatoms. The second-order valence-electron chi connectivity index (χ2n) is 0. The van der Waals surface area contributed by atoms with Gasteiger partial charge in [-0.25, -0.2) is 0 Å². The standard InChI is InChI=1S/2Eu.3Sb. The second-order valence-corrected chi connectivity index (χ2v) is 0. The first-order valence-corrected chi connectivity index (χ1v) is 0. The van der Waals surface area contributed by atoms with E-state index in [9.17, 15) is 0 Å². The number of rotatable bonds is 0. The van der Waals surface area contributed by atoms with Crippen LogP contribution in [0.4, 0.5) is 0 Å². The maximum Gasteiger partial charge on any atom is 0 e. The molecular weight excluding hydrogens is 669 g/mol. The Labute approximate surface area is 166 Å². The SMILES string of the molecule is [Eu].[Eu].[Sb].[Sb].[Sb]. The Hall–Kier alpha value is 5.62. The minimum atomic E-state index is 0. The van der Waals surface area contributed by atoms with Crippen LogP contribution in [0.3, 0.4) is 0 Å². The first-order valence-electron chi connectivity index (χ1n) is 0. The van der Waals surface area contributed by atoms with E-state index in [0.29, 0.717) is 0 Å². The largest absolute Gasteiger partial charge is 0 e. The Balaban J connectivity index is 0. The van der Waals surface area contributed by atoms with Gasteiger partial charge in [-0.15, -0.1) is 0 Å². The molecule has 0 aromatic heterocycles. The molecule has 0 unspecified atom stereocenters. The van der Waals surface area contributed by atoms with Crippen molar-refractivity contribution in [2.45, 2.75) is 0 Å². The molecule has 0 saturated carbocycles. The van der Waals surface area contributed by atoms with Crippen molar-refractivity contribution in [1.82, 2.24) is 0 Å². The summed E-state index contributed by atoms with van der Waals surface area (Å²) in [4.78, 5) is 0. The normalized spacial score (nSPS) is 0. The van der Waals surface area contributed by atoms with Crippen molar-refractivity contribution in [3.8, 4) is 0 Å². The van der Waals surface area contributed by atoms with Gasteiger partial charge in [0.25, 0.3) is 0 Å². The van der Waals surface area contributed by atoms with Crippen LogP contribution >= 0.6 is 0 Å². The van der Waals surface area contributed by atoms with Crippen molar-refractivity contribution in [1.29, 1.82) is 0 Å². The summed E-state index contributed by atoms with van der Waals surface area (Å²) in [5.41, 5.74) is 0. The third-order valence-electron chi connectivity index (χ3n) is 0. The van der Waals surface area contributed by atoms with Crippen LogP contribution < -0.4 is 0 Å². The maximum absolute atomic E-state index is 0. The molecule has 0 aliphatic carbocycles. The van der Waals surface area contributed by atoms with Crippen molar-refractivity contribution in [3.63, 3.8) is 0 Å². The van der Waals surface area contributed by atoms with Crippen LogP contribution in [-0.2, 0) is 0 Å². The summed E-state index contributed by atoms with van der Waals surface area (Å²) >= 11 is 0. The van der Waals surface area contributed by atoms with Crippen LogP contribution in [0.2, 0.25) is 0 Å². The second kappa shape index (κ2) is 22.6. The first-order chi connectivity index (χ1) is 0. The van der Waals surface area contributed by atoms with Gasteiger partial charge in [0.1, 0.15) is 0 Å². The number of hydrogen-bond donors (Lipinski definition) is 0. The average Bonchev–Trinajstić information content (AvgIpc) is 0. The zero-order valence-corrected chi connectivity index (χ0v) is 14.6. The maximum atomic E-state index is 0. The average molecular weight is 669 g/mol. The molecule has 0 spiro atoms. The van der Waals surface area contributed by atoms with Crippen LogP contribution in [0.15, 0.2) is 0 Å². The molecule has 0 aromatic rings. The van der Waals surface area contributed by atoms with Gasteiger partial charge >= 0.3 is 0 Å². The van der Waals surface area contributed by atoms with Crippen molar-refractivity contribution in [2.24, 2.45) is 0 Å². The van der Waals surface area contributed by atoms with E-state index in [2.05, 4.69) is 0 Å². The van der Waals surface area contributed by atoms with Crippen molar-refractivity contribution in [2.75, 3.05) is 0 Å². The molecule has 0 aromatic carbocycles. The van der Waals surface area contributed by atoms with E-state index in [1.807, 2.05) is 0 Å². The van der Waals surface area contributed by atoms with Gasteiger partial charge < -0.3 is 0 Å². The quantitative estimate of drug-likeness (QED) is 0.287. The smallest absolute Gasteiger partial charge is 0 e. The molecule has 11 radical (unpaired) electrons. The van der Waals surface area contributed by atoms with Crippen LogP contribution in [-0.4, -0.2) is 73.3 Å². The topological polar surface area (TPSA) is 0 Å². The fourth-order valence-corrected chi connectivity index (χ4v) is 0. The zero-order valence-electron chi connectivity index (χ0n) is 2.10. The van der Waals surface area contributed by atoms with E-state index in [-0.39, 0.29) is 172 Å². The molecule has 29 valence electrons. The molecular formula is Eu2Sb3. The Morgan fingerprint density at radius 3 is 0.400 bits per heavy atom. The van der Waals surface area contributed by atoms with E-state index >= 15 is 0 Å². The fourth-order valence-electron chi connectivity index (χ4n) is 0. The molecule has 0 saturated heterocycles. The molecule has 0 amide bonds. The van der Waals surface area contributed by atoms with Gasteiger partial charge in [0, 0.05) is 172 Å². The first kappa shape index (κ1) is 31.1. The number of hydrogen-bond acceptors (Lipinski definition) is 0. The molecule has 5 heavy (non-hydrogen) atoms. The molecule has 0 nitrogen and oxygen atoms in total. The van der Waals surface area contributed by atoms with Crippen LogP contribution in [0.5, 0.6) is 0 Å². The Morgan fingerprint density at radius 2 is 0.400 bits per heavy atom. The minimum absolute atomic E-state index is 0. The summed E-state index contributed by atoms with van der Waals surface area (Å²) in [7, 11) is 0. The predicted octanol–water partition coefficient (Wildman–Crippen LogP) is -1.14. The third kappa shape index (κ3) is 17.7. The van der Waals surface area contributed by atoms with Gasteiger partial charge in [-0.1, -0.05) is 0 Å². The summed E-state index contributed by atoms with van der Waals surface area (Å²) in [6.45, 7) is 0. The van der Waals surface area contributed by atoms with Gasteiger partial charge in [0.15, 0.2) is 0 Å². The Morgan fingerprint density at radius 1 is 0.400 bits per heavy atom. The van der Waals surface area contributed by atoms with E-state index in [0.717, 1.165) is 0 Å². The van der Waals surface area contributed by atoms with Crippen LogP contribution in [0.1, 0.15) is 0 Å². The summed E-state index contributed by atoms with van der Waals surface area (Å²) in [5, 5.41) is 0. The van der Waals surface area contributed by atoms with Crippen molar-refractivity contribution >= 4 is 73.3 Å². The van der Waals surface area contributed by atoms with E-state index in [1.54, 1.807) is 0 Å². The van der Waals surface area contributed by atoms with Gasteiger partial charge in [-0.3, -0.25) is 0 Å². The molecule has 0 fully saturated rings. The van der Waals surface area contributed by atoms with Crippen molar-refractivity contribution < 1.29 is 98.8 Å². The predicted molar refractivity (Wildman–Crippen MR) is 17.3 cm³/mol. The van der Waals surface area contributed by atoms with E-state index in [4.69, 9.17) is 0 Å². The van der Waals surface area contributed by atoms with Gasteiger partial charge in [0.2, 0.25) is 0 Å². The summed E-state index contributed by atoms with van der Waals surface area (Å²) < 4.78 is 0. The molecule has 0 aliphatic heterocycles. The van der Waals surface area contributed by atoms with E-state index < -0.39 is 0 Å². The van der Waals surface area contributed by atoms with Crippen molar-refractivity contribution in [3.05, 3.63) is 0 Å². The molecule has 0 N–H and O–H groups in total. The molecule has 0 heterocycles. The fraction of sp³-hybridized carbons (Fsp3) is 0. The van der Waals surface area contributed by atoms with Gasteiger partial charge in [-0.05, 0) is 0 Å². The van der Waals surface area contributed by atoms with Crippen LogP contribution in [0, 0.1) is 98.8 Å².